The molecule has 1 unspecified atom stereocenters. The summed E-state index contributed by atoms with van der Waals surface area (Å²) in [5.41, 5.74) is 0.927. The second kappa shape index (κ2) is 6.65. The molecule has 0 amide bonds. The average molecular weight is 345 g/mol. The molecule has 1 aliphatic rings. The van der Waals surface area contributed by atoms with Crippen molar-refractivity contribution in [3.05, 3.63) is 34.1 Å². The summed E-state index contributed by atoms with van der Waals surface area (Å²) in [5.74, 6) is -1.03. The van der Waals surface area contributed by atoms with E-state index in [2.05, 4.69) is 20.8 Å². The number of rotatable bonds is 4. The Hall–Kier alpha value is -0.980. The molecule has 0 radical (unpaired) electrons. The Morgan fingerprint density at radius 3 is 2.55 bits per heavy atom. The minimum absolute atomic E-state index is 0.243. The largest absolute Gasteiger partial charge is 0.480 e. The summed E-state index contributed by atoms with van der Waals surface area (Å²) in [6, 6.07) is 4.45. The number of hydrogen-bond acceptors (Lipinski definition) is 3. The minimum Gasteiger partial charge on any atom is -0.480 e. The van der Waals surface area contributed by atoms with E-state index >= 15 is 0 Å². The predicted octanol–water partition coefficient (Wildman–Crippen LogP) is 2.18. The first-order chi connectivity index (χ1) is 9.45. The quantitative estimate of drug-likeness (QED) is 0.909. The molecule has 1 aromatic carbocycles. The van der Waals surface area contributed by atoms with Gasteiger partial charge in [-0.2, -0.15) is 0 Å². The molecule has 1 atom stereocenters. The summed E-state index contributed by atoms with van der Waals surface area (Å²) in [6.07, 6.45) is 0. The van der Waals surface area contributed by atoms with E-state index in [4.69, 9.17) is 5.11 Å². The highest BCUT2D eigenvalue weighted by Gasteiger charge is 2.25. The number of carboxylic acid groups (broad SMARTS) is 1. The molecule has 20 heavy (non-hydrogen) atoms. The van der Waals surface area contributed by atoms with Crippen LogP contribution in [0, 0.1) is 5.82 Å². The molecule has 1 fully saturated rings. The summed E-state index contributed by atoms with van der Waals surface area (Å²) >= 11 is 3.29. The topological polar surface area (TPSA) is 43.8 Å². The van der Waals surface area contributed by atoms with Gasteiger partial charge in [-0.05, 0) is 30.7 Å². The smallest absolute Gasteiger partial charge is 0.320 e. The van der Waals surface area contributed by atoms with E-state index in [9.17, 15) is 9.18 Å². The number of piperazine rings is 1. The van der Waals surface area contributed by atoms with Crippen LogP contribution in [-0.2, 0) is 11.3 Å². The zero-order valence-electron chi connectivity index (χ0n) is 11.4. The summed E-state index contributed by atoms with van der Waals surface area (Å²) in [7, 11) is 0. The summed E-state index contributed by atoms with van der Waals surface area (Å²) in [4.78, 5) is 15.1. The Morgan fingerprint density at radius 2 is 2.00 bits per heavy atom. The molecule has 1 aliphatic heterocycles. The van der Waals surface area contributed by atoms with Gasteiger partial charge in [0.15, 0.2) is 0 Å². The molecule has 0 bridgehead atoms. The van der Waals surface area contributed by atoms with Crippen molar-refractivity contribution in [1.82, 2.24) is 9.80 Å². The summed E-state index contributed by atoms with van der Waals surface area (Å²) in [6.45, 7) is 5.44. The van der Waals surface area contributed by atoms with Crippen LogP contribution in [0.15, 0.2) is 22.7 Å². The lowest BCUT2D eigenvalue weighted by molar-refractivity contribution is -0.143. The van der Waals surface area contributed by atoms with Crippen LogP contribution >= 0.6 is 15.9 Å². The first kappa shape index (κ1) is 15.4. The molecule has 110 valence electrons. The molecule has 0 aliphatic carbocycles. The van der Waals surface area contributed by atoms with Gasteiger partial charge in [0, 0.05) is 37.2 Å². The molecule has 1 aromatic rings. The van der Waals surface area contributed by atoms with Crippen LogP contribution in [0.3, 0.4) is 0 Å². The first-order valence-electron chi connectivity index (χ1n) is 6.60. The van der Waals surface area contributed by atoms with E-state index < -0.39 is 12.0 Å². The molecule has 1 N–H and O–H groups in total. The lowest BCUT2D eigenvalue weighted by Crippen LogP contribution is -2.51. The van der Waals surface area contributed by atoms with Gasteiger partial charge < -0.3 is 5.11 Å². The van der Waals surface area contributed by atoms with Gasteiger partial charge in [-0.25, -0.2) is 4.39 Å². The summed E-state index contributed by atoms with van der Waals surface area (Å²) < 4.78 is 14.1. The second-order valence-corrected chi connectivity index (χ2v) is 6.02. The lowest BCUT2D eigenvalue weighted by Gasteiger charge is -2.36. The van der Waals surface area contributed by atoms with Gasteiger partial charge in [-0.3, -0.25) is 14.6 Å². The lowest BCUT2D eigenvalue weighted by atomic mass is 10.1. The Kier molecular flexibility index (Phi) is 5.12. The van der Waals surface area contributed by atoms with Crippen molar-refractivity contribution in [3.8, 4) is 0 Å². The normalized spacial score (nSPS) is 18.9. The number of halogens is 2. The highest BCUT2D eigenvalue weighted by Crippen LogP contribution is 2.17. The summed E-state index contributed by atoms with van der Waals surface area (Å²) in [5, 5.41) is 8.99. The van der Waals surface area contributed by atoms with Crippen molar-refractivity contribution in [1.29, 1.82) is 0 Å². The van der Waals surface area contributed by atoms with E-state index in [-0.39, 0.29) is 5.82 Å². The number of nitrogens with zero attached hydrogens (tertiary/aromatic N) is 2. The predicted molar refractivity (Wildman–Crippen MR) is 78.0 cm³/mol. The molecule has 0 spiro atoms. The third-order valence-electron chi connectivity index (χ3n) is 3.64. The Balaban J connectivity index is 1.89. The van der Waals surface area contributed by atoms with Crippen LogP contribution in [0.4, 0.5) is 4.39 Å². The van der Waals surface area contributed by atoms with Crippen molar-refractivity contribution in [2.75, 3.05) is 26.2 Å². The molecule has 2 rings (SSSR count). The number of carboxylic acids is 1. The number of benzene rings is 1. The van der Waals surface area contributed by atoms with E-state index in [0.717, 1.165) is 36.2 Å². The molecule has 0 aromatic heterocycles. The molecule has 1 heterocycles. The van der Waals surface area contributed by atoms with Crippen molar-refractivity contribution < 1.29 is 14.3 Å². The Morgan fingerprint density at radius 1 is 1.35 bits per heavy atom. The van der Waals surface area contributed by atoms with Crippen LogP contribution < -0.4 is 0 Å². The molecular weight excluding hydrogens is 327 g/mol. The fourth-order valence-electron chi connectivity index (χ4n) is 2.43. The van der Waals surface area contributed by atoms with E-state index in [0.29, 0.717) is 6.54 Å². The SMILES string of the molecule is CC(C(=O)O)N1CCN(Cc2cc(F)cc(Br)c2)CC1. The number of hydrogen-bond donors (Lipinski definition) is 1. The zero-order chi connectivity index (χ0) is 14.7. The van der Waals surface area contributed by atoms with Gasteiger partial charge in [0.05, 0.1) is 0 Å². The van der Waals surface area contributed by atoms with Gasteiger partial charge in [-0.15, -0.1) is 0 Å². The maximum atomic E-state index is 13.3. The van der Waals surface area contributed by atoms with Gasteiger partial charge in [0.2, 0.25) is 0 Å². The van der Waals surface area contributed by atoms with Gasteiger partial charge in [0.1, 0.15) is 11.9 Å². The molecule has 6 heteroatoms. The number of carbonyl (C=O) groups is 1. The zero-order valence-corrected chi connectivity index (χ0v) is 12.9. The first-order valence-corrected chi connectivity index (χ1v) is 7.39. The van der Waals surface area contributed by atoms with Gasteiger partial charge in [0.25, 0.3) is 0 Å². The van der Waals surface area contributed by atoms with Crippen LogP contribution in [0.25, 0.3) is 0 Å². The van der Waals surface area contributed by atoms with Crippen molar-refractivity contribution in [3.63, 3.8) is 0 Å². The fraction of sp³-hybridized carbons (Fsp3) is 0.500. The van der Waals surface area contributed by atoms with Crippen LogP contribution in [0.1, 0.15) is 12.5 Å². The fourth-order valence-corrected chi connectivity index (χ4v) is 2.94. The van der Waals surface area contributed by atoms with E-state index in [1.165, 1.54) is 12.1 Å². The van der Waals surface area contributed by atoms with Crippen molar-refractivity contribution in [2.24, 2.45) is 0 Å². The maximum Gasteiger partial charge on any atom is 0.320 e. The molecule has 0 saturated carbocycles. The van der Waals surface area contributed by atoms with Crippen LogP contribution in [-0.4, -0.2) is 53.1 Å². The van der Waals surface area contributed by atoms with Crippen LogP contribution in [0.2, 0.25) is 0 Å². The van der Waals surface area contributed by atoms with E-state index in [1.807, 2.05) is 11.0 Å². The van der Waals surface area contributed by atoms with Gasteiger partial charge >= 0.3 is 5.97 Å². The third kappa shape index (κ3) is 4.01. The highest BCUT2D eigenvalue weighted by molar-refractivity contribution is 9.10. The second-order valence-electron chi connectivity index (χ2n) is 5.10. The van der Waals surface area contributed by atoms with E-state index in [1.54, 1.807) is 6.92 Å². The van der Waals surface area contributed by atoms with Crippen molar-refractivity contribution >= 4 is 21.9 Å². The third-order valence-corrected chi connectivity index (χ3v) is 4.10. The Labute approximate surface area is 126 Å². The van der Waals surface area contributed by atoms with Gasteiger partial charge in [-0.1, -0.05) is 15.9 Å². The number of aliphatic carboxylic acids is 1. The monoisotopic (exact) mass is 344 g/mol. The molecule has 4 nitrogen and oxygen atoms in total. The average Bonchev–Trinajstić information content (AvgIpc) is 2.37. The van der Waals surface area contributed by atoms with Crippen LogP contribution in [0.5, 0.6) is 0 Å². The molecular formula is C14H18BrFN2O2. The minimum atomic E-state index is -0.785. The molecule has 1 saturated heterocycles. The Bertz CT molecular complexity index is 470. The standard InChI is InChI=1S/C14H18BrFN2O2/c1-10(14(19)20)18-4-2-17(3-5-18)9-11-6-12(15)8-13(16)7-11/h6-8,10H,2-5,9H2,1H3,(H,19,20). The maximum absolute atomic E-state index is 13.3. The highest BCUT2D eigenvalue weighted by atomic mass is 79.9. The van der Waals surface area contributed by atoms with Crippen molar-refractivity contribution in [2.45, 2.75) is 19.5 Å².